The van der Waals surface area contributed by atoms with Gasteiger partial charge in [0, 0.05) is 44.9 Å². The summed E-state index contributed by atoms with van der Waals surface area (Å²) in [5.41, 5.74) is 14.2. The first-order valence-electron chi connectivity index (χ1n) is 29.2. The summed E-state index contributed by atoms with van der Waals surface area (Å²) in [4.78, 5) is 5.23. The molecule has 1 aromatic heterocycles. The number of nitrogens with zero attached hydrogens (tertiary/aromatic N) is 3. The summed E-state index contributed by atoms with van der Waals surface area (Å²) in [7, 11) is -6.72. The number of hydrogen-bond donors (Lipinski definition) is 0. The first kappa shape index (κ1) is 49.6. The third kappa shape index (κ3) is 7.51. The van der Waals surface area contributed by atoms with Gasteiger partial charge in [0.25, 0.3) is 6.71 Å². The standard InChI is InChI=1S/C78H56BN3Si2/c1-9-31-57(32-10-1)80-72-52-30-27-49-69(72)79-77-73(80)53-59(82-70-50-28-25-47-67(70)68-48-26-29-51-71(68)82)54-74(77)81(58-33-11-2-12-34-58)75-55-66(83(60-35-13-3-14-36-60,61-37-15-4-16-38-61)62-39-17-5-18-40-62)56-76(78(75)79)84(63-41-19-6-20-42-63,64-43-21-7-22-44-64)65-45-23-8-24-46-65/h1-56H. The SMILES string of the molecule is c1ccc(N2c3ccccc3B3c4c2cc(-n2c5ccccc5c5ccccc52)cc4N(c2ccccc2)c2cc([Si](c4ccccc4)(c4ccccc4)c4ccccc4)cc([Si](c4ccccc4)(c4ccccc4)c4ccccc4)c23)cc1. The molecule has 2 aliphatic rings. The monoisotopic (exact) mass is 1100 g/mol. The fourth-order valence-electron chi connectivity index (χ4n) is 14.7. The molecule has 0 saturated carbocycles. The van der Waals surface area contributed by atoms with Crippen molar-refractivity contribution in [1.29, 1.82) is 0 Å². The molecule has 0 unspecified atom stereocenters. The predicted molar refractivity (Wildman–Crippen MR) is 362 cm³/mol. The minimum atomic E-state index is -3.44. The van der Waals surface area contributed by atoms with E-state index < -0.39 is 16.1 Å². The fraction of sp³-hybridized carbons (Fsp3) is 0. The molecule has 0 saturated heterocycles. The summed E-state index contributed by atoms with van der Waals surface area (Å²) in [6, 6.07) is 129. The highest BCUT2D eigenvalue weighted by molar-refractivity contribution is 7.24. The van der Waals surface area contributed by atoms with Crippen LogP contribution in [0.2, 0.25) is 0 Å². The molecule has 2 aliphatic heterocycles. The van der Waals surface area contributed by atoms with Gasteiger partial charge in [0.15, 0.2) is 16.1 Å². The fourth-order valence-corrected chi connectivity index (χ4v) is 24.7. The zero-order chi connectivity index (χ0) is 55.6. The van der Waals surface area contributed by atoms with E-state index in [0.717, 1.165) is 28.4 Å². The molecule has 0 aliphatic carbocycles. The van der Waals surface area contributed by atoms with Crippen molar-refractivity contribution >= 4 is 137 Å². The van der Waals surface area contributed by atoms with E-state index in [2.05, 4.69) is 354 Å². The van der Waals surface area contributed by atoms with Crippen LogP contribution in [0, 0.1) is 0 Å². The van der Waals surface area contributed by atoms with Crippen LogP contribution in [0.25, 0.3) is 27.5 Å². The molecule has 0 fully saturated rings. The zero-order valence-electron chi connectivity index (χ0n) is 46.3. The molecule has 0 spiro atoms. The van der Waals surface area contributed by atoms with E-state index in [0.29, 0.717) is 0 Å². The molecular formula is C78H56BN3Si2. The van der Waals surface area contributed by atoms with Gasteiger partial charge in [0.05, 0.1) is 16.7 Å². The molecule has 84 heavy (non-hydrogen) atoms. The average Bonchev–Trinajstić information content (AvgIpc) is 0.832. The van der Waals surface area contributed by atoms with Crippen LogP contribution in [-0.4, -0.2) is 27.4 Å². The summed E-state index contributed by atoms with van der Waals surface area (Å²) >= 11 is 0. The third-order valence-corrected chi connectivity index (χ3v) is 27.6. The van der Waals surface area contributed by atoms with Crippen LogP contribution >= 0.6 is 0 Å². The number of anilines is 6. The van der Waals surface area contributed by atoms with Gasteiger partial charge in [0.2, 0.25) is 0 Å². The van der Waals surface area contributed by atoms with E-state index in [1.165, 1.54) is 91.1 Å². The Bertz CT molecular complexity index is 4470. The van der Waals surface area contributed by atoms with Crippen molar-refractivity contribution in [3.63, 3.8) is 0 Å². The Labute approximate surface area is 493 Å². The number of rotatable bonds is 11. The summed E-state index contributed by atoms with van der Waals surface area (Å²) in [5.74, 6) is 0. The van der Waals surface area contributed by atoms with Crippen molar-refractivity contribution in [1.82, 2.24) is 4.57 Å². The molecule has 0 amide bonds. The highest BCUT2D eigenvalue weighted by Gasteiger charge is 2.53. The van der Waals surface area contributed by atoms with E-state index in [9.17, 15) is 0 Å². The molecule has 0 bridgehead atoms. The summed E-state index contributed by atoms with van der Waals surface area (Å²) < 4.78 is 2.51. The van der Waals surface area contributed by atoms with Crippen LogP contribution in [0.1, 0.15) is 0 Å². The lowest BCUT2D eigenvalue weighted by molar-refractivity contribution is 1.16. The maximum absolute atomic E-state index is 3.44. The summed E-state index contributed by atoms with van der Waals surface area (Å²) in [5, 5.41) is 13.2. The summed E-state index contributed by atoms with van der Waals surface area (Å²) in [6.07, 6.45) is 0. The van der Waals surface area contributed by atoms with Crippen molar-refractivity contribution in [3.8, 4) is 5.69 Å². The van der Waals surface area contributed by atoms with Crippen molar-refractivity contribution in [2.24, 2.45) is 0 Å². The molecule has 0 radical (unpaired) electrons. The normalized spacial score (nSPS) is 12.7. The maximum atomic E-state index is 2.77. The maximum Gasteiger partial charge on any atom is 0.252 e. The Morgan fingerprint density at radius 2 is 0.571 bits per heavy atom. The van der Waals surface area contributed by atoms with Crippen molar-refractivity contribution in [2.45, 2.75) is 0 Å². The Balaban J connectivity index is 1.16. The van der Waals surface area contributed by atoms with E-state index in [1.54, 1.807) is 0 Å². The topological polar surface area (TPSA) is 11.4 Å². The second-order valence-electron chi connectivity index (χ2n) is 22.3. The number of fused-ring (bicyclic) bond motifs is 7. The second kappa shape index (κ2) is 20.3. The van der Waals surface area contributed by atoms with Gasteiger partial charge in [-0.3, -0.25) is 0 Å². The Morgan fingerprint density at radius 1 is 0.238 bits per heavy atom. The molecule has 3 nitrogen and oxygen atoms in total. The largest absolute Gasteiger partial charge is 0.311 e. The van der Waals surface area contributed by atoms with Crippen molar-refractivity contribution < 1.29 is 0 Å². The molecule has 13 aromatic carbocycles. The van der Waals surface area contributed by atoms with Crippen molar-refractivity contribution in [2.75, 3.05) is 9.80 Å². The van der Waals surface area contributed by atoms with E-state index in [1.807, 2.05) is 0 Å². The molecule has 14 aromatic rings. The van der Waals surface area contributed by atoms with Gasteiger partial charge in [-0.2, -0.15) is 0 Å². The number of aromatic nitrogens is 1. The minimum Gasteiger partial charge on any atom is -0.311 e. The highest BCUT2D eigenvalue weighted by atomic mass is 28.3. The predicted octanol–water partition coefficient (Wildman–Crippen LogP) is 11.6. The molecule has 0 N–H and O–H groups in total. The Morgan fingerprint density at radius 3 is 1.00 bits per heavy atom. The number of benzene rings is 13. The molecule has 6 heteroatoms. The van der Waals surface area contributed by atoms with E-state index in [-0.39, 0.29) is 6.71 Å². The van der Waals surface area contributed by atoms with Crippen LogP contribution in [-0.2, 0) is 0 Å². The molecule has 3 heterocycles. The van der Waals surface area contributed by atoms with Crippen LogP contribution < -0.4 is 67.7 Å². The van der Waals surface area contributed by atoms with Crippen LogP contribution in [0.4, 0.5) is 34.1 Å². The number of hydrogen-bond acceptors (Lipinski definition) is 2. The van der Waals surface area contributed by atoms with Gasteiger partial charge in [-0.25, -0.2) is 0 Å². The van der Waals surface area contributed by atoms with E-state index in [4.69, 9.17) is 0 Å². The molecule has 394 valence electrons. The Hall–Kier alpha value is -10.2. The van der Waals surface area contributed by atoms with Gasteiger partial charge < -0.3 is 14.4 Å². The Kier molecular flexibility index (Phi) is 12.0. The first-order valence-corrected chi connectivity index (χ1v) is 33.2. The van der Waals surface area contributed by atoms with Gasteiger partial charge in [-0.05, 0) is 119 Å². The van der Waals surface area contributed by atoms with Gasteiger partial charge >= 0.3 is 0 Å². The zero-order valence-corrected chi connectivity index (χ0v) is 48.3. The third-order valence-electron chi connectivity index (χ3n) is 18.0. The second-order valence-corrected chi connectivity index (χ2v) is 29.8. The average molecular weight is 1100 g/mol. The first-order chi connectivity index (χ1) is 41.7. The van der Waals surface area contributed by atoms with Crippen LogP contribution in [0.3, 0.4) is 0 Å². The lowest BCUT2D eigenvalue weighted by Gasteiger charge is -2.48. The van der Waals surface area contributed by atoms with Crippen molar-refractivity contribution in [3.05, 3.63) is 340 Å². The lowest BCUT2D eigenvalue weighted by atomic mass is 9.33. The van der Waals surface area contributed by atoms with Gasteiger partial charge in [-0.15, -0.1) is 0 Å². The minimum absolute atomic E-state index is 0.207. The molecule has 16 rings (SSSR count). The van der Waals surface area contributed by atoms with Gasteiger partial charge in [0.1, 0.15) is 0 Å². The lowest BCUT2D eigenvalue weighted by Crippen LogP contribution is -2.82. The van der Waals surface area contributed by atoms with E-state index >= 15 is 0 Å². The molecule has 0 atom stereocenters. The number of para-hydroxylation sites is 5. The summed E-state index contributed by atoms with van der Waals surface area (Å²) in [6.45, 7) is -0.207. The van der Waals surface area contributed by atoms with Gasteiger partial charge in [-0.1, -0.05) is 279 Å². The highest BCUT2D eigenvalue weighted by Crippen LogP contribution is 2.46. The quantitative estimate of drug-likeness (QED) is 0.0945. The molecular weight excluding hydrogens is 1050 g/mol. The van der Waals surface area contributed by atoms with Crippen LogP contribution in [0.5, 0.6) is 0 Å². The van der Waals surface area contributed by atoms with Crippen LogP contribution in [0.15, 0.2) is 340 Å². The smallest absolute Gasteiger partial charge is 0.252 e.